The molecule has 0 unspecified atom stereocenters. The number of phenols is 2. The van der Waals surface area contributed by atoms with Crippen molar-refractivity contribution in [2.45, 2.75) is 0 Å². The van der Waals surface area contributed by atoms with Crippen LogP contribution in [-0.4, -0.2) is 10.2 Å². The van der Waals surface area contributed by atoms with Crippen LogP contribution in [0.2, 0.25) is 0 Å². The van der Waals surface area contributed by atoms with Gasteiger partial charge in [0.05, 0.1) is 0 Å². The van der Waals surface area contributed by atoms with Gasteiger partial charge in [-0.1, -0.05) is 84.3 Å². The van der Waals surface area contributed by atoms with Crippen LogP contribution in [-0.2, 0) is 0 Å². The Bertz CT molecular complexity index is 1790. The highest BCUT2D eigenvalue weighted by Crippen LogP contribution is 2.44. The number of benzene rings is 6. The minimum absolute atomic E-state index is 0.0919. The zero-order valence-electron chi connectivity index (χ0n) is 20.4. The van der Waals surface area contributed by atoms with Gasteiger partial charge in [-0.2, -0.15) is 0 Å². The van der Waals surface area contributed by atoms with Crippen LogP contribution in [0.15, 0.2) is 121 Å². The normalized spacial score (nSPS) is 10.4. The molecule has 0 atom stereocenters. The van der Waals surface area contributed by atoms with Gasteiger partial charge in [-0.15, -0.1) is 0 Å². The zero-order chi connectivity index (χ0) is 25.9. The van der Waals surface area contributed by atoms with E-state index in [0.717, 1.165) is 43.8 Å². The first-order valence-electron chi connectivity index (χ1n) is 12.3. The molecule has 0 aliphatic carbocycles. The van der Waals surface area contributed by atoms with Gasteiger partial charge in [-0.25, -0.2) is 0 Å². The second-order valence-electron chi connectivity index (χ2n) is 9.02. The lowest BCUT2D eigenvalue weighted by atomic mass is 9.91. The monoisotopic (exact) mass is 486 g/mol. The standard InChI is InChI=1S/C36H22O2/c37-33-21-19-29-17-15-27(13-11-25-7-3-1-4-8-25)23-31(29)35(33)36-32-24-28(14-12-26-9-5-2-6-10-26)16-18-30(32)20-22-34(36)38/h1-10,15-24,37-38H. The van der Waals surface area contributed by atoms with E-state index in [2.05, 4.69) is 23.7 Å². The molecule has 0 bridgehead atoms. The van der Waals surface area contributed by atoms with Gasteiger partial charge in [-0.05, 0) is 82.2 Å². The molecule has 0 aliphatic heterocycles. The van der Waals surface area contributed by atoms with Crippen molar-refractivity contribution in [3.63, 3.8) is 0 Å². The number of rotatable bonds is 1. The number of hydrogen-bond donors (Lipinski definition) is 2. The lowest BCUT2D eigenvalue weighted by Gasteiger charge is -2.15. The van der Waals surface area contributed by atoms with Crippen molar-refractivity contribution in [1.82, 2.24) is 0 Å². The summed E-state index contributed by atoms with van der Waals surface area (Å²) in [7, 11) is 0. The Morgan fingerprint density at radius 1 is 0.368 bits per heavy atom. The Morgan fingerprint density at radius 3 is 1.16 bits per heavy atom. The fourth-order valence-electron chi connectivity index (χ4n) is 4.63. The van der Waals surface area contributed by atoms with Gasteiger partial charge in [0.15, 0.2) is 0 Å². The maximum atomic E-state index is 11.1. The largest absolute Gasteiger partial charge is 0.507 e. The Morgan fingerprint density at radius 2 is 0.737 bits per heavy atom. The summed E-state index contributed by atoms with van der Waals surface area (Å²) in [5, 5.41) is 25.7. The van der Waals surface area contributed by atoms with Crippen molar-refractivity contribution in [3.8, 4) is 46.3 Å². The lowest BCUT2D eigenvalue weighted by Crippen LogP contribution is -1.89. The molecule has 0 amide bonds. The molecular formula is C36H22O2. The molecule has 38 heavy (non-hydrogen) atoms. The maximum Gasteiger partial charge on any atom is 0.124 e. The number of aromatic hydroxyl groups is 2. The average Bonchev–Trinajstić information content (AvgIpc) is 2.96. The number of phenolic OH excluding ortho intramolecular Hbond substituents is 2. The van der Waals surface area contributed by atoms with E-state index in [4.69, 9.17) is 0 Å². The van der Waals surface area contributed by atoms with Crippen molar-refractivity contribution in [3.05, 3.63) is 144 Å². The highest BCUT2D eigenvalue weighted by Gasteiger charge is 2.17. The highest BCUT2D eigenvalue weighted by atomic mass is 16.3. The Labute approximate surface area is 221 Å². The maximum absolute atomic E-state index is 11.1. The minimum atomic E-state index is 0.0919. The van der Waals surface area contributed by atoms with Crippen LogP contribution in [0.4, 0.5) is 0 Å². The van der Waals surface area contributed by atoms with E-state index in [-0.39, 0.29) is 11.5 Å². The lowest BCUT2D eigenvalue weighted by molar-refractivity contribution is 0.470. The average molecular weight is 487 g/mol. The van der Waals surface area contributed by atoms with Crippen LogP contribution < -0.4 is 0 Å². The quantitative estimate of drug-likeness (QED) is 0.232. The van der Waals surface area contributed by atoms with Crippen LogP contribution in [0.3, 0.4) is 0 Å². The van der Waals surface area contributed by atoms with E-state index in [1.807, 2.05) is 109 Å². The number of fused-ring (bicyclic) bond motifs is 2. The van der Waals surface area contributed by atoms with E-state index in [9.17, 15) is 10.2 Å². The Kier molecular flexibility index (Phi) is 5.99. The molecular weight excluding hydrogens is 464 g/mol. The minimum Gasteiger partial charge on any atom is -0.507 e. The molecule has 0 radical (unpaired) electrons. The third-order valence-corrected chi connectivity index (χ3v) is 6.50. The first-order chi connectivity index (χ1) is 18.7. The smallest absolute Gasteiger partial charge is 0.124 e. The summed E-state index contributed by atoms with van der Waals surface area (Å²) in [6.07, 6.45) is 0. The molecule has 6 aromatic carbocycles. The Balaban J connectivity index is 1.54. The Hall–Kier alpha value is -5.44. The van der Waals surface area contributed by atoms with Crippen LogP contribution in [0, 0.1) is 23.7 Å². The third kappa shape index (κ3) is 4.56. The van der Waals surface area contributed by atoms with Gasteiger partial charge >= 0.3 is 0 Å². The molecule has 0 fully saturated rings. The number of hydrogen-bond acceptors (Lipinski definition) is 2. The van der Waals surface area contributed by atoms with E-state index < -0.39 is 0 Å². The van der Waals surface area contributed by atoms with Crippen molar-refractivity contribution in [2.75, 3.05) is 0 Å². The SMILES string of the molecule is Oc1ccc2ccc(C#Cc3ccccc3)cc2c1-c1c(O)ccc2ccc(C#Cc3ccccc3)cc12. The molecule has 2 N–H and O–H groups in total. The van der Waals surface area contributed by atoms with E-state index >= 15 is 0 Å². The summed E-state index contributed by atoms with van der Waals surface area (Å²) in [6, 6.07) is 38.6. The summed E-state index contributed by atoms with van der Waals surface area (Å²) >= 11 is 0. The van der Waals surface area contributed by atoms with E-state index in [1.165, 1.54) is 0 Å². The van der Waals surface area contributed by atoms with E-state index in [1.54, 1.807) is 12.1 Å². The molecule has 0 heterocycles. The van der Waals surface area contributed by atoms with Gasteiger partial charge in [0, 0.05) is 33.4 Å². The summed E-state index contributed by atoms with van der Waals surface area (Å²) in [4.78, 5) is 0. The van der Waals surface area contributed by atoms with Gasteiger partial charge in [0.25, 0.3) is 0 Å². The van der Waals surface area contributed by atoms with Gasteiger partial charge in [0.1, 0.15) is 11.5 Å². The van der Waals surface area contributed by atoms with Crippen molar-refractivity contribution >= 4 is 21.5 Å². The molecule has 2 nitrogen and oxygen atoms in total. The van der Waals surface area contributed by atoms with Crippen molar-refractivity contribution in [2.24, 2.45) is 0 Å². The van der Waals surface area contributed by atoms with Gasteiger partial charge in [0.2, 0.25) is 0 Å². The van der Waals surface area contributed by atoms with Crippen LogP contribution >= 0.6 is 0 Å². The molecule has 2 heteroatoms. The molecule has 0 saturated carbocycles. The molecule has 0 aromatic heterocycles. The second kappa shape index (κ2) is 9.90. The molecule has 6 aromatic rings. The topological polar surface area (TPSA) is 40.5 Å². The van der Waals surface area contributed by atoms with Crippen LogP contribution in [0.1, 0.15) is 22.3 Å². The summed E-state index contributed by atoms with van der Waals surface area (Å²) < 4.78 is 0. The predicted octanol–water partition coefficient (Wildman–Crippen LogP) is 7.87. The first-order valence-corrected chi connectivity index (χ1v) is 12.3. The summed E-state index contributed by atoms with van der Waals surface area (Å²) in [5.74, 6) is 13.0. The molecule has 178 valence electrons. The summed E-state index contributed by atoms with van der Waals surface area (Å²) in [5.41, 5.74) is 4.65. The van der Waals surface area contributed by atoms with E-state index in [0.29, 0.717) is 11.1 Å². The zero-order valence-corrected chi connectivity index (χ0v) is 20.4. The molecule has 0 saturated heterocycles. The van der Waals surface area contributed by atoms with Gasteiger partial charge < -0.3 is 10.2 Å². The first kappa shape index (κ1) is 23.0. The third-order valence-electron chi connectivity index (χ3n) is 6.50. The van der Waals surface area contributed by atoms with Crippen LogP contribution in [0.25, 0.3) is 32.7 Å². The van der Waals surface area contributed by atoms with Crippen molar-refractivity contribution < 1.29 is 10.2 Å². The molecule has 0 aliphatic rings. The predicted molar refractivity (Wildman–Crippen MR) is 155 cm³/mol. The highest BCUT2D eigenvalue weighted by molar-refractivity contribution is 6.10. The fourth-order valence-corrected chi connectivity index (χ4v) is 4.63. The fraction of sp³-hybridized carbons (Fsp3) is 0. The van der Waals surface area contributed by atoms with Crippen molar-refractivity contribution in [1.29, 1.82) is 0 Å². The summed E-state index contributed by atoms with van der Waals surface area (Å²) in [6.45, 7) is 0. The van der Waals surface area contributed by atoms with Gasteiger partial charge in [-0.3, -0.25) is 0 Å². The molecule has 0 spiro atoms. The van der Waals surface area contributed by atoms with Crippen LogP contribution in [0.5, 0.6) is 11.5 Å². The second-order valence-corrected chi connectivity index (χ2v) is 9.02. The molecule has 6 rings (SSSR count).